The van der Waals surface area contributed by atoms with Crippen molar-refractivity contribution in [2.45, 2.75) is 39.2 Å². The van der Waals surface area contributed by atoms with E-state index in [9.17, 15) is 19.7 Å². The molecule has 0 spiro atoms. The SMILES string of the molecule is CC(C)CCNC(=O)[C@H](CCCN=C(N)N[N+](=O)[O-])NC(=O)c1ccccc1. The Kier molecular flexibility index (Phi) is 10.0. The highest BCUT2D eigenvalue weighted by molar-refractivity contribution is 5.97. The molecular formula is C18H28N6O4. The summed E-state index contributed by atoms with van der Waals surface area (Å²) in [6.45, 7) is 4.82. The van der Waals surface area contributed by atoms with Crippen molar-refractivity contribution in [3.63, 3.8) is 0 Å². The maximum absolute atomic E-state index is 12.5. The van der Waals surface area contributed by atoms with Gasteiger partial charge in [0.25, 0.3) is 11.9 Å². The average molecular weight is 392 g/mol. The van der Waals surface area contributed by atoms with Crippen LogP contribution in [-0.4, -0.2) is 41.9 Å². The number of hydrogen-bond acceptors (Lipinski definition) is 5. The molecule has 0 heterocycles. The lowest BCUT2D eigenvalue weighted by Gasteiger charge is -2.18. The zero-order chi connectivity index (χ0) is 20.9. The van der Waals surface area contributed by atoms with Gasteiger partial charge in [0.1, 0.15) is 6.04 Å². The molecule has 28 heavy (non-hydrogen) atoms. The van der Waals surface area contributed by atoms with Gasteiger partial charge >= 0.3 is 0 Å². The molecule has 1 atom stereocenters. The van der Waals surface area contributed by atoms with E-state index in [1.54, 1.807) is 35.8 Å². The molecule has 1 aromatic rings. The van der Waals surface area contributed by atoms with Crippen LogP contribution in [0.25, 0.3) is 0 Å². The molecule has 0 aromatic heterocycles. The number of nitrogens with zero attached hydrogens (tertiary/aromatic N) is 2. The number of carbonyl (C=O) groups excluding carboxylic acids is 2. The van der Waals surface area contributed by atoms with Crippen LogP contribution >= 0.6 is 0 Å². The van der Waals surface area contributed by atoms with Gasteiger partial charge in [-0.15, -0.1) is 0 Å². The van der Waals surface area contributed by atoms with Crippen LogP contribution in [0.1, 0.15) is 43.5 Å². The number of nitrogens with one attached hydrogen (secondary N) is 3. The van der Waals surface area contributed by atoms with Gasteiger partial charge in [0.05, 0.1) is 0 Å². The first kappa shape index (κ1) is 22.9. The van der Waals surface area contributed by atoms with Crippen LogP contribution in [0.15, 0.2) is 35.3 Å². The predicted octanol–water partition coefficient (Wildman–Crippen LogP) is 0.824. The summed E-state index contributed by atoms with van der Waals surface area (Å²) < 4.78 is 0. The number of rotatable bonds is 11. The van der Waals surface area contributed by atoms with E-state index in [1.807, 2.05) is 0 Å². The Balaban J connectivity index is 2.65. The Morgan fingerprint density at radius 3 is 2.50 bits per heavy atom. The zero-order valence-corrected chi connectivity index (χ0v) is 16.2. The summed E-state index contributed by atoms with van der Waals surface area (Å²) >= 11 is 0. The second kappa shape index (κ2) is 12.3. The fourth-order valence-electron chi connectivity index (χ4n) is 2.33. The number of guanidine groups is 1. The van der Waals surface area contributed by atoms with Crippen LogP contribution in [0.4, 0.5) is 0 Å². The number of nitrogens with two attached hydrogens (primary N) is 1. The lowest BCUT2D eigenvalue weighted by atomic mass is 10.1. The first-order chi connectivity index (χ1) is 13.3. The second-order valence-corrected chi connectivity index (χ2v) is 6.64. The molecule has 10 heteroatoms. The highest BCUT2D eigenvalue weighted by atomic mass is 16.7. The largest absolute Gasteiger partial charge is 0.365 e. The van der Waals surface area contributed by atoms with Crippen LogP contribution < -0.4 is 21.8 Å². The van der Waals surface area contributed by atoms with Gasteiger partial charge in [0.15, 0.2) is 5.03 Å². The third kappa shape index (κ3) is 9.51. The van der Waals surface area contributed by atoms with Gasteiger partial charge in [-0.1, -0.05) is 37.5 Å². The average Bonchev–Trinajstić information content (AvgIpc) is 2.63. The van der Waals surface area contributed by atoms with E-state index in [1.165, 1.54) is 0 Å². The topological polar surface area (TPSA) is 152 Å². The minimum absolute atomic E-state index is 0.184. The van der Waals surface area contributed by atoms with E-state index >= 15 is 0 Å². The van der Waals surface area contributed by atoms with Crippen LogP contribution in [-0.2, 0) is 4.79 Å². The Morgan fingerprint density at radius 1 is 1.21 bits per heavy atom. The molecule has 0 aliphatic rings. The number of hydrazine groups is 1. The van der Waals surface area contributed by atoms with Crippen molar-refractivity contribution in [3.8, 4) is 0 Å². The molecule has 0 bridgehead atoms. The molecular weight excluding hydrogens is 364 g/mol. The molecule has 0 aliphatic carbocycles. The van der Waals surface area contributed by atoms with E-state index in [0.717, 1.165) is 6.42 Å². The standard InChI is InChI=1S/C18H28N6O4/c1-13(2)10-12-20-17(26)15(9-6-11-21-18(19)23-24(27)28)22-16(25)14-7-4-3-5-8-14/h3-5,7-8,13,15H,6,9-12H2,1-2H3,(H,20,26)(H,22,25)(H3,19,21,23)/t15-/m0/s1. The number of amides is 2. The van der Waals surface area contributed by atoms with Crippen molar-refractivity contribution >= 4 is 17.8 Å². The van der Waals surface area contributed by atoms with Crippen molar-refractivity contribution in [2.24, 2.45) is 16.6 Å². The summed E-state index contributed by atoms with van der Waals surface area (Å²) in [5, 5.41) is 15.0. The third-order valence-corrected chi connectivity index (χ3v) is 3.82. The summed E-state index contributed by atoms with van der Waals surface area (Å²) in [5.74, 6) is -0.478. The van der Waals surface area contributed by atoms with E-state index in [4.69, 9.17) is 5.73 Å². The minimum atomic E-state index is -0.802. The summed E-state index contributed by atoms with van der Waals surface area (Å²) in [6, 6.07) is 7.88. The molecule has 0 saturated carbocycles. The van der Waals surface area contributed by atoms with Gasteiger partial charge in [-0.25, -0.2) is 15.1 Å². The number of hydrogen-bond donors (Lipinski definition) is 4. The van der Waals surface area contributed by atoms with Crippen molar-refractivity contribution in [3.05, 3.63) is 46.0 Å². The highest BCUT2D eigenvalue weighted by Gasteiger charge is 2.21. The molecule has 1 rings (SSSR count). The molecule has 0 fully saturated rings. The molecule has 0 saturated heterocycles. The zero-order valence-electron chi connectivity index (χ0n) is 16.2. The summed E-state index contributed by atoms with van der Waals surface area (Å²) in [7, 11) is 0. The molecule has 5 N–H and O–H groups in total. The van der Waals surface area contributed by atoms with Crippen LogP contribution in [0, 0.1) is 16.0 Å². The van der Waals surface area contributed by atoms with Crippen molar-refractivity contribution in [2.75, 3.05) is 13.1 Å². The molecule has 1 aromatic carbocycles. The van der Waals surface area contributed by atoms with Crippen LogP contribution in [0.3, 0.4) is 0 Å². The Labute approximate surface area is 164 Å². The molecule has 10 nitrogen and oxygen atoms in total. The Hall–Kier alpha value is -3.17. The molecule has 0 unspecified atom stereocenters. The Bertz CT molecular complexity index is 678. The fourth-order valence-corrected chi connectivity index (χ4v) is 2.33. The highest BCUT2D eigenvalue weighted by Crippen LogP contribution is 2.04. The lowest BCUT2D eigenvalue weighted by molar-refractivity contribution is -0.525. The van der Waals surface area contributed by atoms with Gasteiger partial charge in [-0.2, -0.15) is 0 Å². The van der Waals surface area contributed by atoms with Gasteiger partial charge in [-0.05, 0) is 37.3 Å². The third-order valence-electron chi connectivity index (χ3n) is 3.82. The normalized spacial score (nSPS) is 12.3. The van der Waals surface area contributed by atoms with Gasteiger partial charge in [0.2, 0.25) is 5.91 Å². The predicted molar refractivity (Wildman–Crippen MR) is 106 cm³/mol. The lowest BCUT2D eigenvalue weighted by Crippen LogP contribution is -2.47. The summed E-state index contributed by atoms with van der Waals surface area (Å²) in [6.07, 6.45) is 1.57. The van der Waals surface area contributed by atoms with Crippen molar-refractivity contribution in [1.29, 1.82) is 0 Å². The van der Waals surface area contributed by atoms with Crippen molar-refractivity contribution < 1.29 is 14.6 Å². The monoisotopic (exact) mass is 392 g/mol. The number of benzene rings is 1. The summed E-state index contributed by atoms with van der Waals surface area (Å²) in [5.41, 5.74) is 7.56. The quantitative estimate of drug-likeness (QED) is 0.144. The number of carbonyl (C=O) groups is 2. The Morgan fingerprint density at radius 2 is 1.89 bits per heavy atom. The van der Waals surface area contributed by atoms with Gasteiger partial charge < -0.3 is 16.4 Å². The molecule has 0 aliphatic heterocycles. The fraction of sp³-hybridized carbons (Fsp3) is 0.500. The molecule has 154 valence electrons. The van der Waals surface area contributed by atoms with Gasteiger partial charge in [0, 0.05) is 18.7 Å². The molecule has 2 amide bonds. The first-order valence-electron chi connectivity index (χ1n) is 9.14. The minimum Gasteiger partial charge on any atom is -0.365 e. The molecule has 0 radical (unpaired) electrons. The maximum atomic E-state index is 12.5. The van der Waals surface area contributed by atoms with E-state index in [0.29, 0.717) is 30.9 Å². The second-order valence-electron chi connectivity index (χ2n) is 6.64. The maximum Gasteiger partial charge on any atom is 0.251 e. The van der Waals surface area contributed by atoms with E-state index in [-0.39, 0.29) is 24.3 Å². The van der Waals surface area contributed by atoms with E-state index < -0.39 is 11.1 Å². The van der Waals surface area contributed by atoms with Gasteiger partial charge in [-0.3, -0.25) is 9.59 Å². The van der Waals surface area contributed by atoms with Crippen LogP contribution in [0.5, 0.6) is 0 Å². The van der Waals surface area contributed by atoms with Crippen LogP contribution in [0.2, 0.25) is 0 Å². The van der Waals surface area contributed by atoms with Crippen molar-refractivity contribution in [1.82, 2.24) is 16.1 Å². The first-order valence-corrected chi connectivity index (χ1v) is 9.14. The van der Waals surface area contributed by atoms with E-state index in [2.05, 4.69) is 29.5 Å². The number of nitro groups is 1. The summed E-state index contributed by atoms with van der Waals surface area (Å²) in [4.78, 5) is 39.0. The smallest absolute Gasteiger partial charge is 0.251 e. The number of aliphatic imine (C=N–C) groups is 1.